The molecular weight excluding hydrogens is 974 g/mol. The standard InChI is InChI=1S/C10H9Cl2NO3.C10H8Cl2O4.C9H7Cl2NO3.C9H5Cl2NO2/c1-16-8(14)4-6-7(11)3-2-5(9(6)12)10(13)15;1-16-10(15)5-2-3-7(11)6(9(5)12)4-8(13)14;10-6-2-1-4(9(12)15)8(11)5(6)3-7(13)14;1-12-7-3-2-6(10)5(9(7)11)4-8(13)14/h2-3H,4H2,1H3,(H2,13,15);2-3H,4H2,1H3,(H,13,14);1-2H,3H2,(H2,12,15)(H,13,14);2-3H,4H2,(H,13,14). The van der Waals surface area contributed by atoms with Crippen molar-refractivity contribution in [3.63, 3.8) is 0 Å². The monoisotopic (exact) mass is 999 g/mol. The molecule has 7 N–H and O–H groups in total. The summed E-state index contributed by atoms with van der Waals surface area (Å²) in [4.78, 5) is 79.1. The smallest absolute Gasteiger partial charge is 0.339 e. The van der Waals surface area contributed by atoms with Gasteiger partial charge in [0.15, 0.2) is 0 Å². The summed E-state index contributed by atoms with van der Waals surface area (Å²) in [5.41, 5.74) is 11.7. The number of carbonyl (C=O) groups is 7. The van der Waals surface area contributed by atoms with Crippen molar-refractivity contribution in [2.45, 2.75) is 25.7 Å². The van der Waals surface area contributed by atoms with Crippen LogP contribution >= 0.6 is 92.8 Å². The van der Waals surface area contributed by atoms with Crippen molar-refractivity contribution in [1.82, 2.24) is 0 Å². The summed E-state index contributed by atoms with van der Waals surface area (Å²) in [6, 6.07) is 11.4. The number of ether oxygens (including phenoxy) is 2. The number of esters is 2. The lowest BCUT2D eigenvalue weighted by atomic mass is 10.1. The average molecular weight is 1000 g/mol. The topological polar surface area (TPSA) is 255 Å². The van der Waals surface area contributed by atoms with Crippen LogP contribution in [0.15, 0.2) is 48.5 Å². The minimum atomic E-state index is -1.08. The molecule has 0 radical (unpaired) electrons. The number of rotatable bonds is 11. The predicted octanol–water partition coefficient (Wildman–Crippen LogP) is 9.11. The number of primary amides is 2. The van der Waals surface area contributed by atoms with Gasteiger partial charge in [-0.15, -0.1) is 0 Å². The molecule has 324 valence electrons. The third kappa shape index (κ3) is 16.4. The Morgan fingerprint density at radius 3 is 1.13 bits per heavy atom. The van der Waals surface area contributed by atoms with Gasteiger partial charge in [0.1, 0.15) is 0 Å². The minimum absolute atomic E-state index is 0.00241. The Morgan fingerprint density at radius 1 is 0.508 bits per heavy atom. The molecule has 0 aliphatic heterocycles. The SMILES string of the molecule is COC(=O)Cc1c(Cl)ccc(C(N)=O)c1Cl.COC(=O)c1ccc(Cl)c(CC(=O)O)c1Cl.NC(=O)c1ccc(Cl)c(CC(=O)O)c1Cl.[C-]#[N+]c1ccc(Cl)c(CC(=O)O)c1Cl. The fraction of sp³-hybridized carbons (Fsp3) is 0.158. The van der Waals surface area contributed by atoms with E-state index in [0.717, 1.165) is 0 Å². The summed E-state index contributed by atoms with van der Waals surface area (Å²) in [5, 5.41) is 27.1. The maximum absolute atomic E-state index is 11.3. The summed E-state index contributed by atoms with van der Waals surface area (Å²) in [6.45, 7) is 6.78. The predicted molar refractivity (Wildman–Crippen MR) is 230 cm³/mol. The van der Waals surface area contributed by atoms with Gasteiger partial charge in [0.2, 0.25) is 17.5 Å². The maximum Gasteiger partial charge on any atom is 0.339 e. The van der Waals surface area contributed by atoms with Crippen molar-refractivity contribution in [1.29, 1.82) is 0 Å². The van der Waals surface area contributed by atoms with E-state index in [0.29, 0.717) is 10.6 Å². The molecule has 23 heteroatoms. The molecule has 0 saturated carbocycles. The van der Waals surface area contributed by atoms with Gasteiger partial charge in [-0.05, 0) is 42.0 Å². The first-order valence-electron chi connectivity index (χ1n) is 16.1. The molecule has 0 heterocycles. The summed E-state index contributed by atoms with van der Waals surface area (Å²) >= 11 is 46.6. The molecule has 0 atom stereocenters. The molecule has 4 aromatic carbocycles. The van der Waals surface area contributed by atoms with E-state index in [9.17, 15) is 33.6 Å². The normalized spacial score (nSPS) is 9.85. The number of carbonyl (C=O) groups excluding carboxylic acids is 4. The quantitative estimate of drug-likeness (QED) is 0.0697. The number of methoxy groups -OCH3 is 2. The van der Waals surface area contributed by atoms with Gasteiger partial charge in [-0.3, -0.25) is 28.8 Å². The number of nitrogens with two attached hydrogens (primary N) is 2. The van der Waals surface area contributed by atoms with E-state index < -0.39 is 41.7 Å². The Bertz CT molecular complexity index is 2410. The number of nitrogens with zero attached hydrogens (tertiary/aromatic N) is 1. The van der Waals surface area contributed by atoms with Crippen LogP contribution in [0.5, 0.6) is 0 Å². The van der Waals surface area contributed by atoms with Crippen LogP contribution < -0.4 is 11.5 Å². The summed E-state index contributed by atoms with van der Waals surface area (Å²) in [6.07, 6.45) is -1.07. The van der Waals surface area contributed by atoms with Gasteiger partial charge in [-0.2, -0.15) is 0 Å². The van der Waals surface area contributed by atoms with Crippen LogP contribution in [0.3, 0.4) is 0 Å². The largest absolute Gasteiger partial charge is 0.481 e. The number of hydrogen-bond acceptors (Lipinski definition) is 9. The highest BCUT2D eigenvalue weighted by atomic mass is 35.5. The molecule has 0 saturated heterocycles. The van der Waals surface area contributed by atoms with Crippen LogP contribution in [-0.4, -0.2) is 71.2 Å². The lowest BCUT2D eigenvalue weighted by Gasteiger charge is -2.08. The Morgan fingerprint density at radius 2 is 0.820 bits per heavy atom. The first-order chi connectivity index (χ1) is 28.4. The molecule has 0 aromatic heterocycles. The lowest BCUT2D eigenvalue weighted by Crippen LogP contribution is -2.14. The number of hydrogen-bond donors (Lipinski definition) is 5. The Hall–Kier alpha value is -5.02. The molecule has 0 bridgehead atoms. The van der Waals surface area contributed by atoms with Crippen molar-refractivity contribution >= 4 is 140 Å². The number of amides is 2. The van der Waals surface area contributed by atoms with Crippen molar-refractivity contribution in [3.05, 3.63) is 139 Å². The zero-order valence-corrected chi connectivity index (χ0v) is 37.1. The highest BCUT2D eigenvalue weighted by molar-refractivity contribution is 6.40. The van der Waals surface area contributed by atoms with Crippen molar-refractivity contribution < 1.29 is 58.4 Å². The molecule has 0 unspecified atom stereocenters. The third-order valence-corrected chi connectivity index (χ3v) is 10.4. The fourth-order valence-electron chi connectivity index (χ4n) is 4.43. The van der Waals surface area contributed by atoms with E-state index in [-0.39, 0.29) is 99.9 Å². The minimum Gasteiger partial charge on any atom is -0.481 e. The maximum atomic E-state index is 11.3. The van der Waals surface area contributed by atoms with Crippen molar-refractivity contribution in [2.24, 2.45) is 11.5 Å². The summed E-state index contributed by atoms with van der Waals surface area (Å²) < 4.78 is 9.00. The van der Waals surface area contributed by atoms with Crippen LogP contribution in [-0.2, 0) is 54.3 Å². The molecule has 15 nitrogen and oxygen atoms in total. The van der Waals surface area contributed by atoms with Gasteiger partial charge in [0, 0.05) is 36.8 Å². The average Bonchev–Trinajstić information content (AvgIpc) is 3.18. The van der Waals surface area contributed by atoms with Gasteiger partial charge < -0.3 is 36.3 Å². The molecule has 0 aliphatic carbocycles. The van der Waals surface area contributed by atoms with Gasteiger partial charge in [-0.1, -0.05) is 105 Å². The number of benzene rings is 4. The van der Waals surface area contributed by atoms with Crippen molar-refractivity contribution in [3.8, 4) is 0 Å². The van der Waals surface area contributed by atoms with Crippen molar-refractivity contribution in [2.75, 3.05) is 14.2 Å². The van der Waals surface area contributed by atoms with Crippen LogP contribution in [0.1, 0.15) is 53.3 Å². The Balaban J connectivity index is 0.000000407. The van der Waals surface area contributed by atoms with E-state index in [1.807, 2.05) is 0 Å². The van der Waals surface area contributed by atoms with E-state index in [2.05, 4.69) is 14.3 Å². The van der Waals surface area contributed by atoms with E-state index in [1.54, 1.807) is 0 Å². The van der Waals surface area contributed by atoms with Crippen LogP contribution in [0, 0.1) is 6.57 Å². The number of aliphatic carboxylic acids is 3. The Kier molecular flexibility index (Phi) is 22.7. The van der Waals surface area contributed by atoms with Crippen LogP contribution in [0.25, 0.3) is 4.85 Å². The second kappa shape index (κ2) is 25.7. The lowest BCUT2D eigenvalue weighted by molar-refractivity contribution is -0.140. The molecule has 4 rings (SSSR count). The zero-order chi connectivity index (χ0) is 46.9. The molecule has 0 fully saturated rings. The van der Waals surface area contributed by atoms with Gasteiger partial charge >= 0.3 is 29.8 Å². The number of carboxylic acids is 3. The first-order valence-corrected chi connectivity index (χ1v) is 19.1. The highest BCUT2D eigenvalue weighted by Gasteiger charge is 2.20. The fourth-order valence-corrected chi connectivity index (χ4v) is 6.75. The van der Waals surface area contributed by atoms with E-state index >= 15 is 0 Å². The molecule has 0 spiro atoms. The molecule has 61 heavy (non-hydrogen) atoms. The second-order valence-electron chi connectivity index (χ2n) is 11.3. The number of halogens is 8. The van der Waals surface area contributed by atoms with E-state index in [1.165, 1.54) is 62.8 Å². The molecule has 2 amide bonds. The van der Waals surface area contributed by atoms with Gasteiger partial charge in [-0.25, -0.2) is 9.64 Å². The zero-order valence-electron chi connectivity index (χ0n) is 31.1. The molecular formula is C38H29Cl8N3O12. The van der Waals surface area contributed by atoms with Gasteiger partial charge in [0.05, 0.1) is 83.3 Å². The third-order valence-electron chi connectivity index (χ3n) is 7.31. The van der Waals surface area contributed by atoms with Crippen LogP contribution in [0.4, 0.5) is 5.69 Å². The molecule has 4 aromatic rings. The second-order valence-corrected chi connectivity index (χ2v) is 14.5. The van der Waals surface area contributed by atoms with E-state index in [4.69, 9.17) is 126 Å². The molecule has 0 aliphatic rings. The summed E-state index contributed by atoms with van der Waals surface area (Å²) in [5.74, 6) is -5.71. The number of carboxylic acid groups (broad SMARTS) is 3. The van der Waals surface area contributed by atoms with Gasteiger partial charge in [0.25, 0.3) is 0 Å². The van der Waals surface area contributed by atoms with Crippen LogP contribution in [0.2, 0.25) is 40.2 Å². The Labute approximate surface area is 386 Å². The summed E-state index contributed by atoms with van der Waals surface area (Å²) in [7, 11) is 2.46. The first kappa shape index (κ1) is 54.0. The highest BCUT2D eigenvalue weighted by Crippen LogP contribution is 2.34.